The minimum Gasteiger partial charge on any atom is -0.405 e. The van der Waals surface area contributed by atoms with E-state index in [-0.39, 0.29) is 53.6 Å². The van der Waals surface area contributed by atoms with Gasteiger partial charge in [-0.25, -0.2) is 4.39 Å². The third kappa shape index (κ3) is 7.83. The summed E-state index contributed by atoms with van der Waals surface area (Å²) in [6.07, 6.45) is -4.42. The number of benzene rings is 3. The molecule has 7 nitrogen and oxygen atoms in total. The monoisotopic (exact) mass is 568 g/mol. The molecule has 11 heteroatoms. The second-order valence-electron chi connectivity index (χ2n) is 9.72. The van der Waals surface area contributed by atoms with Crippen LogP contribution in [0.2, 0.25) is 0 Å². The highest BCUT2D eigenvalue weighted by Gasteiger charge is 2.34. The Hall–Kier alpha value is -4.43. The lowest BCUT2D eigenvalue weighted by Gasteiger charge is -2.39. The van der Waals surface area contributed by atoms with Crippen molar-refractivity contribution in [1.29, 1.82) is 5.26 Å². The summed E-state index contributed by atoms with van der Waals surface area (Å²) in [6.45, 7) is 1.93. The number of likely N-dealkylation sites (tertiary alicyclic amines) is 1. The fourth-order valence-corrected chi connectivity index (χ4v) is 4.94. The van der Waals surface area contributed by atoms with Crippen LogP contribution < -0.4 is 15.4 Å². The Bertz CT molecular complexity index is 1440. The SMILES string of the molecule is CC(=O)NCC(=O)N1CCC(NCc2cc(-c3ccc(C#N)cc3F)ccc2OC(F)(F)F)C(c2ccccc2)C1. The Morgan fingerprint density at radius 3 is 2.51 bits per heavy atom. The first-order chi connectivity index (χ1) is 19.5. The number of piperidine rings is 1. The summed E-state index contributed by atoms with van der Waals surface area (Å²) in [5, 5.41) is 14.9. The van der Waals surface area contributed by atoms with Crippen LogP contribution in [0.3, 0.4) is 0 Å². The molecule has 1 saturated heterocycles. The topological polar surface area (TPSA) is 94.5 Å². The molecule has 4 rings (SSSR count). The first-order valence-electron chi connectivity index (χ1n) is 12.9. The number of carbonyl (C=O) groups excluding carboxylic acids is 2. The minimum atomic E-state index is -4.93. The first-order valence-corrected chi connectivity index (χ1v) is 12.9. The van der Waals surface area contributed by atoms with Crippen molar-refractivity contribution in [3.63, 3.8) is 0 Å². The maximum absolute atomic E-state index is 14.7. The zero-order valence-electron chi connectivity index (χ0n) is 22.2. The predicted molar refractivity (Wildman–Crippen MR) is 143 cm³/mol. The van der Waals surface area contributed by atoms with Crippen molar-refractivity contribution in [2.75, 3.05) is 19.6 Å². The molecule has 41 heavy (non-hydrogen) atoms. The first kappa shape index (κ1) is 29.6. The van der Waals surface area contributed by atoms with Gasteiger partial charge < -0.3 is 20.3 Å². The number of nitrogens with one attached hydrogen (secondary N) is 2. The lowest BCUT2D eigenvalue weighted by atomic mass is 9.85. The molecule has 0 bridgehead atoms. The van der Waals surface area contributed by atoms with Crippen LogP contribution >= 0.6 is 0 Å². The summed E-state index contributed by atoms with van der Waals surface area (Å²) in [5.41, 5.74) is 1.70. The predicted octanol–water partition coefficient (Wildman–Crippen LogP) is 4.87. The molecule has 2 unspecified atom stereocenters. The zero-order chi connectivity index (χ0) is 29.6. The van der Waals surface area contributed by atoms with Crippen LogP contribution in [-0.4, -0.2) is 48.8 Å². The molecule has 2 atom stereocenters. The van der Waals surface area contributed by atoms with Crippen molar-refractivity contribution in [2.45, 2.75) is 38.2 Å². The summed E-state index contributed by atoms with van der Waals surface area (Å²) in [7, 11) is 0. The molecule has 1 fully saturated rings. The number of hydrogen-bond acceptors (Lipinski definition) is 5. The van der Waals surface area contributed by atoms with Crippen molar-refractivity contribution in [3.8, 4) is 22.9 Å². The fraction of sp³-hybridized carbons (Fsp3) is 0.300. The Morgan fingerprint density at radius 1 is 1.10 bits per heavy atom. The van der Waals surface area contributed by atoms with Gasteiger partial charge in [-0.05, 0) is 41.8 Å². The number of halogens is 4. The Balaban J connectivity index is 1.59. The van der Waals surface area contributed by atoms with Crippen LogP contribution in [-0.2, 0) is 16.1 Å². The number of carbonyl (C=O) groups is 2. The second kappa shape index (κ2) is 12.8. The van der Waals surface area contributed by atoms with Gasteiger partial charge in [-0.2, -0.15) is 5.26 Å². The van der Waals surface area contributed by atoms with Gasteiger partial charge in [0.2, 0.25) is 11.8 Å². The van der Waals surface area contributed by atoms with Crippen LogP contribution in [0.1, 0.15) is 36.0 Å². The number of alkyl halides is 3. The molecule has 0 spiro atoms. The van der Waals surface area contributed by atoms with E-state index < -0.39 is 17.9 Å². The molecule has 3 aromatic rings. The maximum atomic E-state index is 14.7. The van der Waals surface area contributed by atoms with Crippen LogP contribution in [0.25, 0.3) is 11.1 Å². The van der Waals surface area contributed by atoms with Gasteiger partial charge in [0.15, 0.2) is 0 Å². The highest BCUT2D eigenvalue weighted by atomic mass is 19.4. The zero-order valence-corrected chi connectivity index (χ0v) is 22.2. The van der Waals surface area contributed by atoms with Crippen molar-refractivity contribution >= 4 is 11.8 Å². The Labute approximate surface area is 234 Å². The summed E-state index contributed by atoms with van der Waals surface area (Å²) >= 11 is 0. The standard InChI is InChI=1S/C30H28F4N4O3/c1-19(39)36-17-29(40)38-12-11-27(25(18-38)21-5-3-2-4-6-21)37-16-23-14-22(8-10-28(23)41-30(32,33)34)24-9-7-20(15-35)13-26(24)31/h2-10,13-14,25,27,37H,11-12,16-18H2,1H3,(H,36,39). The third-order valence-electron chi connectivity index (χ3n) is 6.93. The number of nitrogens with zero attached hydrogens (tertiary/aromatic N) is 2. The van der Waals surface area contributed by atoms with E-state index in [1.807, 2.05) is 36.4 Å². The number of hydrogen-bond donors (Lipinski definition) is 2. The molecule has 1 heterocycles. The Morgan fingerprint density at radius 2 is 1.85 bits per heavy atom. The van der Waals surface area contributed by atoms with Crippen LogP contribution in [0, 0.1) is 17.1 Å². The smallest absolute Gasteiger partial charge is 0.405 e. The van der Waals surface area contributed by atoms with Crippen molar-refractivity contribution < 1.29 is 31.9 Å². The van der Waals surface area contributed by atoms with E-state index in [9.17, 15) is 27.2 Å². The van der Waals surface area contributed by atoms with Gasteiger partial charge in [-0.1, -0.05) is 42.5 Å². The van der Waals surface area contributed by atoms with Crippen molar-refractivity contribution in [3.05, 3.63) is 89.2 Å². The number of nitriles is 1. The van der Waals surface area contributed by atoms with E-state index in [4.69, 9.17) is 5.26 Å². The third-order valence-corrected chi connectivity index (χ3v) is 6.93. The molecule has 0 aliphatic carbocycles. The molecule has 0 aromatic heterocycles. The molecular formula is C30H28F4N4O3. The van der Waals surface area contributed by atoms with Crippen LogP contribution in [0.5, 0.6) is 5.75 Å². The van der Waals surface area contributed by atoms with E-state index in [1.54, 1.807) is 4.90 Å². The lowest BCUT2D eigenvalue weighted by molar-refractivity contribution is -0.274. The molecule has 1 aliphatic rings. The van der Waals surface area contributed by atoms with Gasteiger partial charge in [0, 0.05) is 49.6 Å². The van der Waals surface area contributed by atoms with Gasteiger partial charge >= 0.3 is 6.36 Å². The molecule has 2 N–H and O–H groups in total. The summed E-state index contributed by atoms with van der Waals surface area (Å²) in [5.74, 6) is -1.81. The van der Waals surface area contributed by atoms with Crippen molar-refractivity contribution in [1.82, 2.24) is 15.5 Å². The van der Waals surface area contributed by atoms with E-state index >= 15 is 0 Å². The average Bonchev–Trinajstić information content (AvgIpc) is 2.95. The number of rotatable bonds is 8. The molecule has 0 radical (unpaired) electrons. The number of amides is 2. The minimum absolute atomic E-state index is 0.0228. The molecule has 3 aromatic carbocycles. The summed E-state index contributed by atoms with van der Waals surface area (Å²) < 4.78 is 58.6. The molecular weight excluding hydrogens is 540 g/mol. The fourth-order valence-electron chi connectivity index (χ4n) is 4.94. The van der Waals surface area contributed by atoms with E-state index in [1.165, 1.54) is 31.2 Å². The molecule has 1 aliphatic heterocycles. The highest BCUT2D eigenvalue weighted by Crippen LogP contribution is 2.33. The van der Waals surface area contributed by atoms with E-state index in [0.29, 0.717) is 25.1 Å². The van der Waals surface area contributed by atoms with Crippen LogP contribution in [0.4, 0.5) is 17.6 Å². The van der Waals surface area contributed by atoms with Gasteiger partial charge in [0.25, 0.3) is 0 Å². The maximum Gasteiger partial charge on any atom is 0.573 e. The van der Waals surface area contributed by atoms with Gasteiger partial charge in [0.1, 0.15) is 11.6 Å². The molecule has 2 amide bonds. The second-order valence-corrected chi connectivity index (χ2v) is 9.72. The average molecular weight is 569 g/mol. The van der Waals surface area contributed by atoms with Gasteiger partial charge in [-0.3, -0.25) is 9.59 Å². The quantitative estimate of drug-likeness (QED) is 0.378. The summed E-state index contributed by atoms with van der Waals surface area (Å²) in [4.78, 5) is 25.6. The normalized spacial score (nSPS) is 17.0. The van der Waals surface area contributed by atoms with E-state index in [2.05, 4.69) is 15.4 Å². The van der Waals surface area contributed by atoms with E-state index in [0.717, 1.165) is 17.7 Å². The molecule has 0 saturated carbocycles. The van der Waals surface area contributed by atoms with Gasteiger partial charge in [0.05, 0.1) is 18.2 Å². The van der Waals surface area contributed by atoms with Crippen molar-refractivity contribution in [2.24, 2.45) is 0 Å². The highest BCUT2D eigenvalue weighted by molar-refractivity contribution is 5.83. The lowest BCUT2D eigenvalue weighted by Crippen LogP contribution is -2.51. The largest absolute Gasteiger partial charge is 0.573 e. The number of ether oxygens (including phenoxy) is 1. The summed E-state index contributed by atoms with van der Waals surface area (Å²) in [6, 6.07) is 18.9. The van der Waals surface area contributed by atoms with Gasteiger partial charge in [-0.15, -0.1) is 13.2 Å². The van der Waals surface area contributed by atoms with Crippen LogP contribution in [0.15, 0.2) is 66.7 Å². The molecule has 214 valence electrons. The Kier molecular flexibility index (Phi) is 9.24.